The normalized spacial score (nSPS) is 11.9. The molecule has 23 heavy (non-hydrogen) atoms. The topological polar surface area (TPSA) is 42.0 Å². The van der Waals surface area contributed by atoms with Gasteiger partial charge in [0.05, 0.1) is 16.6 Å². The molecule has 0 aliphatic heterocycles. The lowest BCUT2D eigenvalue weighted by molar-refractivity contribution is 0.0946. The fraction of sp³-hybridized carbons (Fsp3) is 0.158. The van der Waals surface area contributed by atoms with Gasteiger partial charge in [-0.15, -0.1) is 11.3 Å². The van der Waals surface area contributed by atoms with Crippen molar-refractivity contribution in [2.45, 2.75) is 19.9 Å². The van der Waals surface area contributed by atoms with Crippen LogP contribution in [-0.4, -0.2) is 10.9 Å². The molecule has 2 heterocycles. The Labute approximate surface area is 140 Å². The molecule has 1 amide bonds. The van der Waals surface area contributed by atoms with E-state index in [9.17, 15) is 4.79 Å². The lowest BCUT2D eigenvalue weighted by atomic mass is 10.0. The first-order chi connectivity index (χ1) is 11.1. The summed E-state index contributed by atoms with van der Waals surface area (Å²) in [6.45, 7) is 4.06. The van der Waals surface area contributed by atoms with Gasteiger partial charge in [0.25, 0.3) is 5.91 Å². The molecule has 1 atom stereocenters. The highest BCUT2D eigenvalue weighted by atomic mass is 32.1. The number of rotatable bonds is 4. The summed E-state index contributed by atoms with van der Waals surface area (Å²) < 4.78 is 0. The zero-order valence-electron chi connectivity index (χ0n) is 13.1. The number of carbonyl (C=O) groups excluding carboxylic acids is 1. The molecule has 0 fully saturated rings. The van der Waals surface area contributed by atoms with E-state index >= 15 is 0 Å². The fourth-order valence-electron chi connectivity index (χ4n) is 2.41. The summed E-state index contributed by atoms with van der Waals surface area (Å²) in [5.41, 5.74) is 3.00. The molecule has 3 rings (SSSR count). The van der Waals surface area contributed by atoms with E-state index in [4.69, 9.17) is 0 Å². The van der Waals surface area contributed by atoms with Crippen molar-refractivity contribution in [1.29, 1.82) is 0 Å². The van der Waals surface area contributed by atoms with Crippen molar-refractivity contribution in [3.05, 3.63) is 87.4 Å². The molecular formula is C19H18N2OS. The van der Waals surface area contributed by atoms with Crippen molar-refractivity contribution in [2.75, 3.05) is 0 Å². The van der Waals surface area contributed by atoms with Crippen LogP contribution in [0.3, 0.4) is 0 Å². The third kappa shape index (κ3) is 3.48. The van der Waals surface area contributed by atoms with Crippen LogP contribution in [0.2, 0.25) is 0 Å². The average molecular weight is 322 g/mol. The molecule has 4 heteroatoms. The lowest BCUT2D eigenvalue weighted by Gasteiger charge is -2.18. The molecule has 0 radical (unpaired) electrons. The third-order valence-corrected chi connectivity index (χ3v) is 4.93. The van der Waals surface area contributed by atoms with E-state index in [1.165, 1.54) is 16.2 Å². The first kappa shape index (κ1) is 15.4. The van der Waals surface area contributed by atoms with Gasteiger partial charge in [-0.3, -0.25) is 9.78 Å². The van der Waals surface area contributed by atoms with Crippen LogP contribution in [0.15, 0.2) is 60.8 Å². The Bertz CT molecular complexity index is 738. The fourth-order valence-corrected chi connectivity index (χ4v) is 3.34. The predicted molar refractivity (Wildman–Crippen MR) is 93.8 cm³/mol. The second kappa shape index (κ2) is 6.75. The van der Waals surface area contributed by atoms with Gasteiger partial charge in [0, 0.05) is 11.1 Å². The van der Waals surface area contributed by atoms with E-state index in [0.717, 1.165) is 21.7 Å². The molecule has 0 saturated carbocycles. The average Bonchev–Trinajstić information content (AvgIpc) is 2.93. The Kier molecular flexibility index (Phi) is 4.53. The predicted octanol–water partition coefficient (Wildman–Crippen LogP) is 4.28. The van der Waals surface area contributed by atoms with Gasteiger partial charge in [-0.05, 0) is 43.2 Å². The highest BCUT2D eigenvalue weighted by Gasteiger charge is 2.20. The quantitative estimate of drug-likeness (QED) is 0.779. The Morgan fingerprint density at radius 2 is 1.83 bits per heavy atom. The number of aromatic nitrogens is 1. The van der Waals surface area contributed by atoms with Gasteiger partial charge >= 0.3 is 0 Å². The van der Waals surface area contributed by atoms with E-state index in [2.05, 4.69) is 10.3 Å². The largest absolute Gasteiger partial charge is 0.339 e. The maximum Gasteiger partial charge on any atom is 0.262 e. The first-order valence-corrected chi connectivity index (χ1v) is 8.30. The summed E-state index contributed by atoms with van der Waals surface area (Å²) in [6, 6.07) is 17.3. The molecule has 116 valence electrons. The van der Waals surface area contributed by atoms with E-state index < -0.39 is 0 Å². The van der Waals surface area contributed by atoms with Crippen LogP contribution in [0.4, 0.5) is 0 Å². The summed E-state index contributed by atoms with van der Waals surface area (Å²) >= 11 is 1.52. The number of carbonyl (C=O) groups is 1. The second-order valence-electron chi connectivity index (χ2n) is 5.42. The SMILES string of the molecule is Cc1cc(C(=O)NC(c2ccccc2)c2ccccn2)sc1C. The molecule has 1 aromatic carbocycles. The monoisotopic (exact) mass is 322 g/mol. The van der Waals surface area contributed by atoms with Gasteiger partial charge in [-0.2, -0.15) is 0 Å². The highest BCUT2D eigenvalue weighted by molar-refractivity contribution is 7.14. The zero-order valence-corrected chi connectivity index (χ0v) is 13.9. The standard InChI is InChI=1S/C19H18N2OS/c1-13-12-17(23-14(13)2)19(22)21-18(15-8-4-3-5-9-15)16-10-6-7-11-20-16/h3-12,18H,1-2H3,(H,21,22). The number of hydrogen-bond donors (Lipinski definition) is 1. The molecule has 0 aliphatic rings. The van der Waals surface area contributed by atoms with E-state index in [1.54, 1.807) is 6.20 Å². The minimum Gasteiger partial charge on any atom is -0.339 e. The number of aryl methyl sites for hydroxylation is 2. The van der Waals surface area contributed by atoms with Gasteiger partial charge in [-0.1, -0.05) is 36.4 Å². The highest BCUT2D eigenvalue weighted by Crippen LogP contribution is 2.24. The zero-order chi connectivity index (χ0) is 16.2. The van der Waals surface area contributed by atoms with Crippen molar-refractivity contribution in [2.24, 2.45) is 0 Å². The van der Waals surface area contributed by atoms with E-state index in [-0.39, 0.29) is 11.9 Å². The van der Waals surface area contributed by atoms with Crippen LogP contribution in [-0.2, 0) is 0 Å². The van der Waals surface area contributed by atoms with E-state index in [1.807, 2.05) is 68.4 Å². The van der Waals surface area contributed by atoms with Crippen LogP contribution in [0.5, 0.6) is 0 Å². The van der Waals surface area contributed by atoms with Crippen LogP contribution in [0.25, 0.3) is 0 Å². The smallest absolute Gasteiger partial charge is 0.262 e. The molecule has 0 bridgehead atoms. The Morgan fingerprint density at radius 3 is 2.43 bits per heavy atom. The van der Waals surface area contributed by atoms with Crippen molar-refractivity contribution < 1.29 is 4.79 Å². The van der Waals surface area contributed by atoms with Crippen molar-refractivity contribution in [3.63, 3.8) is 0 Å². The second-order valence-corrected chi connectivity index (χ2v) is 6.68. The summed E-state index contributed by atoms with van der Waals surface area (Å²) in [6.07, 6.45) is 1.75. The number of amides is 1. The van der Waals surface area contributed by atoms with Gasteiger partial charge < -0.3 is 5.32 Å². The summed E-state index contributed by atoms with van der Waals surface area (Å²) in [5, 5.41) is 3.12. The Hall–Kier alpha value is -2.46. The molecule has 1 unspecified atom stereocenters. The molecule has 0 aliphatic carbocycles. The minimum atomic E-state index is -0.257. The summed E-state index contributed by atoms with van der Waals surface area (Å²) in [4.78, 5) is 19.0. The molecule has 3 aromatic rings. The van der Waals surface area contributed by atoms with Gasteiger partial charge in [0.1, 0.15) is 0 Å². The molecule has 0 saturated heterocycles. The van der Waals surface area contributed by atoms with Crippen LogP contribution in [0.1, 0.15) is 37.4 Å². The Balaban J connectivity index is 1.92. The van der Waals surface area contributed by atoms with Crippen LogP contribution >= 0.6 is 11.3 Å². The van der Waals surface area contributed by atoms with Crippen molar-refractivity contribution in [1.82, 2.24) is 10.3 Å². The van der Waals surface area contributed by atoms with Crippen LogP contribution in [0, 0.1) is 13.8 Å². The maximum atomic E-state index is 12.6. The maximum absolute atomic E-state index is 12.6. The Morgan fingerprint density at radius 1 is 1.09 bits per heavy atom. The molecule has 1 N–H and O–H groups in total. The minimum absolute atomic E-state index is 0.0642. The number of thiophene rings is 1. The number of benzene rings is 1. The molecular weight excluding hydrogens is 304 g/mol. The molecule has 0 spiro atoms. The number of nitrogens with zero attached hydrogens (tertiary/aromatic N) is 1. The van der Waals surface area contributed by atoms with Crippen molar-refractivity contribution in [3.8, 4) is 0 Å². The summed E-state index contributed by atoms with van der Waals surface area (Å²) in [7, 11) is 0. The number of hydrogen-bond acceptors (Lipinski definition) is 3. The summed E-state index contributed by atoms with van der Waals surface area (Å²) in [5.74, 6) is -0.0642. The lowest BCUT2D eigenvalue weighted by Crippen LogP contribution is -2.29. The van der Waals surface area contributed by atoms with Crippen LogP contribution < -0.4 is 5.32 Å². The first-order valence-electron chi connectivity index (χ1n) is 7.49. The molecule has 3 nitrogen and oxygen atoms in total. The van der Waals surface area contributed by atoms with Crippen molar-refractivity contribution >= 4 is 17.2 Å². The number of pyridine rings is 1. The van der Waals surface area contributed by atoms with E-state index in [0.29, 0.717) is 0 Å². The van der Waals surface area contributed by atoms with Gasteiger partial charge in [0.15, 0.2) is 0 Å². The molecule has 2 aromatic heterocycles. The third-order valence-electron chi connectivity index (χ3n) is 3.78. The van der Waals surface area contributed by atoms with Gasteiger partial charge in [-0.25, -0.2) is 0 Å². The van der Waals surface area contributed by atoms with Gasteiger partial charge in [0.2, 0.25) is 0 Å². The number of nitrogens with one attached hydrogen (secondary N) is 1.